The summed E-state index contributed by atoms with van der Waals surface area (Å²) in [4.78, 5) is 46.8. The van der Waals surface area contributed by atoms with E-state index in [2.05, 4.69) is 11.9 Å². The molecule has 1 heterocycles. The molecule has 0 aromatic carbocycles. The Morgan fingerprint density at radius 3 is 2.44 bits per heavy atom. The van der Waals surface area contributed by atoms with Crippen LogP contribution in [0.5, 0.6) is 0 Å². The average Bonchev–Trinajstić information content (AvgIpc) is 2.87. The van der Waals surface area contributed by atoms with Crippen LogP contribution in [-0.2, 0) is 19.1 Å². The Hall–Kier alpha value is -2.68. The first-order chi connectivity index (χ1) is 11.8. The predicted octanol–water partition coefficient (Wildman–Crippen LogP) is 2.38. The molecule has 0 atom stereocenters. The molecule has 0 aliphatic carbocycles. The first-order valence-electron chi connectivity index (χ1n) is 7.41. The second-order valence-electron chi connectivity index (χ2n) is 4.81. The maximum absolute atomic E-state index is 12.2. The highest BCUT2D eigenvalue weighted by atomic mass is 32.1. The van der Waals surface area contributed by atoms with Crippen molar-refractivity contribution in [3.63, 3.8) is 0 Å². The number of thiophene rings is 1. The first kappa shape index (κ1) is 20.4. The van der Waals surface area contributed by atoms with Gasteiger partial charge < -0.3 is 19.9 Å². The van der Waals surface area contributed by atoms with Gasteiger partial charge in [-0.05, 0) is 19.4 Å². The summed E-state index contributed by atoms with van der Waals surface area (Å²) in [5.74, 6) is -3.04. The molecule has 0 aliphatic heterocycles. The highest BCUT2D eigenvalue weighted by Gasteiger charge is 2.27. The summed E-state index contributed by atoms with van der Waals surface area (Å²) in [6, 6.07) is 0. The number of rotatable bonds is 9. The summed E-state index contributed by atoms with van der Waals surface area (Å²) in [5.41, 5.74) is 0.382. The fourth-order valence-corrected chi connectivity index (χ4v) is 2.96. The van der Waals surface area contributed by atoms with E-state index < -0.39 is 23.8 Å². The third-order valence-electron chi connectivity index (χ3n) is 2.96. The van der Waals surface area contributed by atoms with E-state index in [0.29, 0.717) is 5.56 Å². The molecule has 2 N–H and O–H groups in total. The van der Waals surface area contributed by atoms with Crippen molar-refractivity contribution in [3.8, 4) is 0 Å². The van der Waals surface area contributed by atoms with Crippen LogP contribution in [0.4, 0.5) is 5.00 Å². The average molecular weight is 369 g/mol. The Labute approximate surface area is 148 Å². The van der Waals surface area contributed by atoms with Gasteiger partial charge in [-0.1, -0.05) is 12.7 Å². The number of aliphatic carboxylic acids is 1. The van der Waals surface area contributed by atoms with Crippen LogP contribution in [-0.4, -0.2) is 42.1 Å². The molecule has 1 aromatic heterocycles. The van der Waals surface area contributed by atoms with Crippen molar-refractivity contribution in [1.82, 2.24) is 0 Å². The lowest BCUT2D eigenvalue weighted by Gasteiger charge is -2.06. The molecule has 0 radical (unpaired) electrons. The zero-order valence-corrected chi connectivity index (χ0v) is 14.7. The van der Waals surface area contributed by atoms with Crippen LogP contribution < -0.4 is 5.32 Å². The van der Waals surface area contributed by atoms with Crippen molar-refractivity contribution < 1.29 is 33.8 Å². The molecule has 0 fully saturated rings. The smallest absolute Gasteiger partial charge is 0.348 e. The number of nitrogens with one attached hydrogen (secondary N) is 1. The molecule has 136 valence electrons. The Bertz CT molecular complexity index is 693. The molecule has 9 heteroatoms. The lowest BCUT2D eigenvalue weighted by molar-refractivity contribution is -0.138. The maximum atomic E-state index is 12.2. The van der Waals surface area contributed by atoms with E-state index in [1.807, 2.05) is 0 Å². The van der Waals surface area contributed by atoms with Crippen molar-refractivity contribution in [2.45, 2.75) is 26.7 Å². The van der Waals surface area contributed by atoms with Gasteiger partial charge in [0.2, 0.25) is 5.91 Å². The normalized spacial score (nSPS) is 10.0. The fourth-order valence-electron chi connectivity index (χ4n) is 1.86. The van der Waals surface area contributed by atoms with Crippen LogP contribution in [0.2, 0.25) is 0 Å². The third kappa shape index (κ3) is 5.71. The Balaban J connectivity index is 3.13. The standard InChI is InChI=1S/C16H19NO7S/c1-4-8-24-16(22)13-9(3)12(15(21)23-5-2)14(25-13)17-10(18)6-7-11(19)20/h4H,1,5-8H2,2-3H3,(H,17,18)(H,19,20). The van der Waals surface area contributed by atoms with Gasteiger partial charge >= 0.3 is 17.9 Å². The van der Waals surface area contributed by atoms with Crippen LogP contribution in [0.1, 0.15) is 45.4 Å². The molecule has 8 nitrogen and oxygen atoms in total. The topological polar surface area (TPSA) is 119 Å². The monoisotopic (exact) mass is 369 g/mol. The van der Waals surface area contributed by atoms with E-state index in [4.69, 9.17) is 14.6 Å². The van der Waals surface area contributed by atoms with Gasteiger partial charge in [-0.3, -0.25) is 9.59 Å². The van der Waals surface area contributed by atoms with Gasteiger partial charge in [0.25, 0.3) is 0 Å². The summed E-state index contributed by atoms with van der Waals surface area (Å²) >= 11 is 0.872. The number of carboxylic acid groups (broad SMARTS) is 1. The molecule has 0 aliphatic rings. The van der Waals surface area contributed by atoms with E-state index in [1.54, 1.807) is 13.8 Å². The minimum absolute atomic E-state index is 0.00518. The van der Waals surface area contributed by atoms with Gasteiger partial charge in [-0.25, -0.2) is 9.59 Å². The molecule has 0 saturated carbocycles. The lowest BCUT2D eigenvalue weighted by Crippen LogP contribution is -2.15. The van der Waals surface area contributed by atoms with E-state index in [-0.39, 0.29) is 41.5 Å². The van der Waals surface area contributed by atoms with Gasteiger partial charge in [0.1, 0.15) is 16.5 Å². The van der Waals surface area contributed by atoms with E-state index in [1.165, 1.54) is 6.08 Å². The number of hydrogen-bond acceptors (Lipinski definition) is 7. The molecule has 0 bridgehead atoms. The van der Waals surface area contributed by atoms with Crippen LogP contribution in [0.15, 0.2) is 12.7 Å². The quantitative estimate of drug-likeness (QED) is 0.506. The van der Waals surface area contributed by atoms with Gasteiger partial charge in [0, 0.05) is 6.42 Å². The largest absolute Gasteiger partial charge is 0.481 e. The number of carbonyl (C=O) groups is 4. The minimum Gasteiger partial charge on any atom is -0.481 e. The molecular weight excluding hydrogens is 350 g/mol. The molecule has 1 aromatic rings. The van der Waals surface area contributed by atoms with Crippen molar-refractivity contribution in [2.75, 3.05) is 18.5 Å². The number of amides is 1. The van der Waals surface area contributed by atoms with Crippen molar-refractivity contribution in [2.24, 2.45) is 0 Å². The number of anilines is 1. The maximum Gasteiger partial charge on any atom is 0.348 e. The number of hydrogen-bond donors (Lipinski definition) is 2. The van der Waals surface area contributed by atoms with Crippen molar-refractivity contribution in [1.29, 1.82) is 0 Å². The molecule has 1 rings (SSSR count). The summed E-state index contributed by atoms with van der Waals surface area (Å²) < 4.78 is 9.92. The van der Waals surface area contributed by atoms with Crippen molar-refractivity contribution in [3.05, 3.63) is 28.7 Å². The minimum atomic E-state index is -1.11. The van der Waals surface area contributed by atoms with E-state index in [0.717, 1.165) is 11.3 Å². The lowest BCUT2D eigenvalue weighted by atomic mass is 10.1. The fraction of sp³-hybridized carbons (Fsp3) is 0.375. The van der Waals surface area contributed by atoms with Crippen LogP contribution >= 0.6 is 11.3 Å². The molecule has 0 saturated heterocycles. The van der Waals surface area contributed by atoms with E-state index in [9.17, 15) is 19.2 Å². The van der Waals surface area contributed by atoms with Gasteiger partial charge in [0.05, 0.1) is 18.6 Å². The molecule has 1 amide bonds. The number of carbonyl (C=O) groups excluding carboxylic acids is 3. The van der Waals surface area contributed by atoms with Crippen molar-refractivity contribution >= 4 is 40.2 Å². The van der Waals surface area contributed by atoms with Gasteiger partial charge in [-0.15, -0.1) is 11.3 Å². The summed E-state index contributed by atoms with van der Waals surface area (Å²) in [6.07, 6.45) is 0.797. The summed E-state index contributed by atoms with van der Waals surface area (Å²) in [7, 11) is 0. The third-order valence-corrected chi connectivity index (χ3v) is 4.15. The molecule has 0 spiro atoms. The number of esters is 2. The van der Waals surface area contributed by atoms with Crippen LogP contribution in [0.25, 0.3) is 0 Å². The summed E-state index contributed by atoms with van der Waals surface area (Å²) in [6.45, 7) is 6.74. The Morgan fingerprint density at radius 1 is 1.20 bits per heavy atom. The molecule has 0 unspecified atom stereocenters. The SMILES string of the molecule is C=CCOC(=O)c1sc(NC(=O)CCC(=O)O)c(C(=O)OCC)c1C. The second kappa shape index (κ2) is 9.58. The first-order valence-corrected chi connectivity index (χ1v) is 8.23. The Morgan fingerprint density at radius 2 is 1.88 bits per heavy atom. The highest BCUT2D eigenvalue weighted by Crippen LogP contribution is 2.34. The zero-order chi connectivity index (χ0) is 19.0. The second-order valence-corrected chi connectivity index (χ2v) is 5.83. The Kier molecular flexibility index (Phi) is 7.80. The highest BCUT2D eigenvalue weighted by molar-refractivity contribution is 7.18. The van der Waals surface area contributed by atoms with Crippen LogP contribution in [0.3, 0.4) is 0 Å². The van der Waals surface area contributed by atoms with Gasteiger partial charge in [-0.2, -0.15) is 0 Å². The number of carboxylic acids is 1. The molecule has 25 heavy (non-hydrogen) atoms. The van der Waals surface area contributed by atoms with E-state index >= 15 is 0 Å². The number of ether oxygens (including phenoxy) is 2. The zero-order valence-electron chi connectivity index (χ0n) is 13.9. The molecular formula is C16H19NO7S. The van der Waals surface area contributed by atoms with Crippen LogP contribution in [0, 0.1) is 6.92 Å². The van der Waals surface area contributed by atoms with Gasteiger partial charge in [0.15, 0.2) is 0 Å². The predicted molar refractivity (Wildman–Crippen MR) is 91.0 cm³/mol. The summed E-state index contributed by atoms with van der Waals surface area (Å²) in [5, 5.41) is 11.2.